The lowest BCUT2D eigenvalue weighted by Crippen LogP contribution is -2.24. The zero-order valence-electron chi connectivity index (χ0n) is 11.1. The van der Waals surface area contributed by atoms with Crippen LogP contribution in [0.15, 0.2) is 23.8 Å². The third-order valence-corrected chi connectivity index (χ3v) is 2.84. The van der Waals surface area contributed by atoms with Crippen molar-refractivity contribution >= 4 is 6.08 Å². The van der Waals surface area contributed by atoms with Crippen molar-refractivity contribution in [1.29, 1.82) is 0 Å². The number of benzene rings is 1. The van der Waals surface area contributed by atoms with Crippen molar-refractivity contribution in [1.82, 2.24) is 5.32 Å². The molecule has 0 aliphatic heterocycles. The molecule has 0 aliphatic rings. The number of rotatable bonds is 4. The molecule has 0 amide bonds. The van der Waals surface area contributed by atoms with Gasteiger partial charge in [0.2, 0.25) is 0 Å². The Morgan fingerprint density at radius 1 is 1.31 bits per heavy atom. The van der Waals surface area contributed by atoms with Crippen molar-refractivity contribution in [3.63, 3.8) is 0 Å². The van der Waals surface area contributed by atoms with E-state index in [1.165, 1.54) is 22.3 Å². The Kier molecular flexibility index (Phi) is 4.75. The average molecular weight is 217 g/mol. The fourth-order valence-electron chi connectivity index (χ4n) is 1.61. The quantitative estimate of drug-likeness (QED) is 0.810. The Bertz CT molecular complexity index is 375. The van der Waals surface area contributed by atoms with E-state index in [0.717, 1.165) is 6.54 Å². The molecule has 88 valence electrons. The molecule has 1 nitrogen and oxygen atoms in total. The molecule has 0 unspecified atom stereocenters. The maximum Gasteiger partial charge on any atom is 0.0167 e. The molecule has 0 radical (unpaired) electrons. The third kappa shape index (κ3) is 3.82. The standard InChI is InChI=1S/C15H23N/c1-11(2)16-10-12(3)9-15-8-6-7-13(4)14(15)5/h6-9,11,16H,10H2,1-5H3. The van der Waals surface area contributed by atoms with Gasteiger partial charge in [-0.2, -0.15) is 0 Å². The summed E-state index contributed by atoms with van der Waals surface area (Å²) in [5.41, 5.74) is 5.45. The van der Waals surface area contributed by atoms with E-state index in [2.05, 4.69) is 64.2 Å². The van der Waals surface area contributed by atoms with Crippen LogP contribution in [0.4, 0.5) is 0 Å². The van der Waals surface area contributed by atoms with Gasteiger partial charge in [-0.05, 0) is 37.5 Å². The second kappa shape index (κ2) is 5.86. The van der Waals surface area contributed by atoms with E-state index in [4.69, 9.17) is 0 Å². The molecule has 1 N–H and O–H groups in total. The summed E-state index contributed by atoms with van der Waals surface area (Å²) in [6, 6.07) is 7.01. The lowest BCUT2D eigenvalue weighted by molar-refractivity contribution is 0.623. The number of hydrogen-bond donors (Lipinski definition) is 1. The summed E-state index contributed by atoms with van der Waals surface area (Å²) in [6.45, 7) is 11.8. The molecule has 1 aromatic rings. The van der Waals surface area contributed by atoms with Crippen LogP contribution in [0, 0.1) is 13.8 Å². The van der Waals surface area contributed by atoms with Crippen LogP contribution < -0.4 is 5.32 Å². The molecule has 0 heterocycles. The molecule has 0 saturated heterocycles. The van der Waals surface area contributed by atoms with E-state index in [1.807, 2.05) is 0 Å². The molecular formula is C15H23N. The maximum atomic E-state index is 3.43. The molecule has 0 spiro atoms. The first-order valence-electron chi connectivity index (χ1n) is 5.97. The van der Waals surface area contributed by atoms with Gasteiger partial charge in [-0.3, -0.25) is 0 Å². The number of nitrogens with one attached hydrogen (secondary N) is 1. The van der Waals surface area contributed by atoms with Crippen LogP contribution in [-0.2, 0) is 0 Å². The van der Waals surface area contributed by atoms with Crippen molar-refractivity contribution < 1.29 is 0 Å². The average Bonchev–Trinajstić information content (AvgIpc) is 2.22. The summed E-state index contributed by atoms with van der Waals surface area (Å²) in [5.74, 6) is 0. The first-order chi connectivity index (χ1) is 7.50. The highest BCUT2D eigenvalue weighted by atomic mass is 14.9. The monoisotopic (exact) mass is 217 g/mol. The van der Waals surface area contributed by atoms with E-state index < -0.39 is 0 Å². The third-order valence-electron chi connectivity index (χ3n) is 2.84. The Morgan fingerprint density at radius 2 is 2.00 bits per heavy atom. The van der Waals surface area contributed by atoms with Gasteiger partial charge in [-0.1, -0.05) is 43.7 Å². The Balaban J connectivity index is 2.78. The van der Waals surface area contributed by atoms with Gasteiger partial charge < -0.3 is 5.32 Å². The van der Waals surface area contributed by atoms with Crippen LogP contribution in [-0.4, -0.2) is 12.6 Å². The molecule has 0 bridgehead atoms. The molecule has 0 fully saturated rings. The van der Waals surface area contributed by atoms with Crippen molar-refractivity contribution in [3.05, 3.63) is 40.5 Å². The summed E-state index contributed by atoms with van der Waals surface area (Å²) < 4.78 is 0. The van der Waals surface area contributed by atoms with Crippen LogP contribution >= 0.6 is 0 Å². The summed E-state index contributed by atoms with van der Waals surface area (Å²) in [7, 11) is 0. The molecule has 1 aromatic carbocycles. The highest BCUT2D eigenvalue weighted by Gasteiger charge is 1.99. The van der Waals surface area contributed by atoms with Gasteiger partial charge in [0.25, 0.3) is 0 Å². The Morgan fingerprint density at radius 3 is 2.62 bits per heavy atom. The van der Waals surface area contributed by atoms with Crippen molar-refractivity contribution in [2.75, 3.05) is 6.54 Å². The zero-order valence-corrected chi connectivity index (χ0v) is 11.1. The van der Waals surface area contributed by atoms with E-state index in [9.17, 15) is 0 Å². The first kappa shape index (κ1) is 13.0. The van der Waals surface area contributed by atoms with E-state index >= 15 is 0 Å². The molecule has 0 aliphatic carbocycles. The van der Waals surface area contributed by atoms with Crippen LogP contribution in [0.2, 0.25) is 0 Å². The van der Waals surface area contributed by atoms with Gasteiger partial charge in [-0.25, -0.2) is 0 Å². The molecule has 1 heteroatoms. The van der Waals surface area contributed by atoms with Crippen LogP contribution in [0.1, 0.15) is 37.5 Å². The summed E-state index contributed by atoms with van der Waals surface area (Å²) in [4.78, 5) is 0. The van der Waals surface area contributed by atoms with Crippen LogP contribution in [0.25, 0.3) is 6.08 Å². The van der Waals surface area contributed by atoms with E-state index in [0.29, 0.717) is 6.04 Å². The second-order valence-corrected chi connectivity index (χ2v) is 4.82. The fourth-order valence-corrected chi connectivity index (χ4v) is 1.61. The van der Waals surface area contributed by atoms with Gasteiger partial charge in [0.15, 0.2) is 0 Å². The fraction of sp³-hybridized carbons (Fsp3) is 0.467. The molecule has 1 rings (SSSR count). The largest absolute Gasteiger partial charge is 0.311 e. The minimum atomic E-state index is 0.543. The topological polar surface area (TPSA) is 12.0 Å². The van der Waals surface area contributed by atoms with Crippen molar-refractivity contribution in [3.8, 4) is 0 Å². The Labute approximate surface area is 99.6 Å². The van der Waals surface area contributed by atoms with Crippen LogP contribution in [0.3, 0.4) is 0 Å². The highest BCUT2D eigenvalue weighted by molar-refractivity contribution is 5.57. The van der Waals surface area contributed by atoms with Crippen molar-refractivity contribution in [2.24, 2.45) is 0 Å². The van der Waals surface area contributed by atoms with Gasteiger partial charge in [0.1, 0.15) is 0 Å². The SMILES string of the molecule is CC(=Cc1cccc(C)c1C)CNC(C)C. The molecular weight excluding hydrogens is 194 g/mol. The molecule has 16 heavy (non-hydrogen) atoms. The summed E-state index contributed by atoms with van der Waals surface area (Å²) in [6.07, 6.45) is 2.28. The minimum Gasteiger partial charge on any atom is -0.311 e. The van der Waals surface area contributed by atoms with Gasteiger partial charge >= 0.3 is 0 Å². The molecule has 0 atom stereocenters. The highest BCUT2D eigenvalue weighted by Crippen LogP contribution is 2.15. The lowest BCUT2D eigenvalue weighted by atomic mass is 10.0. The van der Waals surface area contributed by atoms with Gasteiger partial charge in [0, 0.05) is 12.6 Å². The molecule has 0 saturated carbocycles. The van der Waals surface area contributed by atoms with Crippen molar-refractivity contribution in [2.45, 2.75) is 40.7 Å². The lowest BCUT2D eigenvalue weighted by Gasteiger charge is -2.09. The van der Waals surface area contributed by atoms with E-state index in [-0.39, 0.29) is 0 Å². The zero-order chi connectivity index (χ0) is 12.1. The first-order valence-corrected chi connectivity index (χ1v) is 5.97. The van der Waals surface area contributed by atoms with Gasteiger partial charge in [0.05, 0.1) is 0 Å². The van der Waals surface area contributed by atoms with Crippen LogP contribution in [0.5, 0.6) is 0 Å². The maximum absolute atomic E-state index is 3.43. The second-order valence-electron chi connectivity index (χ2n) is 4.82. The predicted molar refractivity (Wildman–Crippen MR) is 72.7 cm³/mol. The van der Waals surface area contributed by atoms with E-state index in [1.54, 1.807) is 0 Å². The smallest absolute Gasteiger partial charge is 0.0167 e. The van der Waals surface area contributed by atoms with Gasteiger partial charge in [-0.15, -0.1) is 0 Å². The molecule has 0 aromatic heterocycles. The summed E-state index contributed by atoms with van der Waals surface area (Å²) >= 11 is 0. The Hall–Kier alpha value is -1.08. The predicted octanol–water partition coefficient (Wildman–Crippen LogP) is 3.70. The normalized spacial score (nSPS) is 12.2. The minimum absolute atomic E-state index is 0.543. The number of aryl methyl sites for hydroxylation is 1. The summed E-state index contributed by atoms with van der Waals surface area (Å²) in [5, 5.41) is 3.43. The number of hydrogen-bond acceptors (Lipinski definition) is 1.